The van der Waals surface area contributed by atoms with Gasteiger partial charge in [0.05, 0.1) is 24.3 Å². The SMILES string of the molecule is CCc1oc2ccccc2c1CN1CCc2[nH]cnc2[C@@H]1c1cnn(C)c1. The Balaban J connectivity index is 1.58. The number of furan rings is 1. The summed E-state index contributed by atoms with van der Waals surface area (Å²) in [5.74, 6) is 1.08. The summed E-state index contributed by atoms with van der Waals surface area (Å²) in [5.41, 5.74) is 5.78. The Morgan fingerprint density at radius 1 is 1.30 bits per heavy atom. The molecule has 4 aromatic rings. The van der Waals surface area contributed by atoms with E-state index in [1.807, 2.05) is 30.3 Å². The fraction of sp³-hybridized carbons (Fsp3) is 0.333. The normalized spacial score (nSPS) is 17.5. The summed E-state index contributed by atoms with van der Waals surface area (Å²) in [5, 5.41) is 5.61. The second-order valence-electron chi connectivity index (χ2n) is 7.19. The maximum Gasteiger partial charge on any atom is 0.134 e. The number of aryl methyl sites for hydroxylation is 2. The van der Waals surface area contributed by atoms with Gasteiger partial charge < -0.3 is 9.40 Å². The van der Waals surface area contributed by atoms with Crippen molar-refractivity contribution < 1.29 is 4.42 Å². The molecule has 4 heterocycles. The van der Waals surface area contributed by atoms with Crippen molar-refractivity contribution >= 4 is 11.0 Å². The third kappa shape index (κ3) is 2.68. The molecule has 6 nitrogen and oxygen atoms in total. The Morgan fingerprint density at radius 2 is 2.19 bits per heavy atom. The lowest BCUT2D eigenvalue weighted by Crippen LogP contribution is -2.35. The molecule has 0 aliphatic carbocycles. The van der Waals surface area contributed by atoms with Crippen molar-refractivity contribution in [1.29, 1.82) is 0 Å². The van der Waals surface area contributed by atoms with Crippen LogP contribution in [0.15, 0.2) is 47.4 Å². The summed E-state index contributed by atoms with van der Waals surface area (Å²) in [6, 6.07) is 8.44. The van der Waals surface area contributed by atoms with Crippen molar-refractivity contribution in [1.82, 2.24) is 24.6 Å². The van der Waals surface area contributed by atoms with E-state index in [1.165, 1.54) is 22.2 Å². The van der Waals surface area contributed by atoms with Gasteiger partial charge in [-0.15, -0.1) is 0 Å². The molecule has 0 fully saturated rings. The van der Waals surface area contributed by atoms with E-state index in [0.717, 1.165) is 43.0 Å². The molecule has 0 saturated heterocycles. The molecule has 1 aliphatic rings. The molecule has 1 aliphatic heterocycles. The van der Waals surface area contributed by atoms with E-state index in [0.29, 0.717) is 0 Å². The molecule has 6 heteroatoms. The lowest BCUT2D eigenvalue weighted by molar-refractivity contribution is 0.199. The number of benzene rings is 1. The number of fused-ring (bicyclic) bond motifs is 2. The summed E-state index contributed by atoms with van der Waals surface area (Å²) >= 11 is 0. The number of hydrogen-bond acceptors (Lipinski definition) is 4. The number of aromatic nitrogens is 4. The first-order valence-corrected chi connectivity index (χ1v) is 9.48. The molecule has 138 valence electrons. The van der Waals surface area contributed by atoms with E-state index < -0.39 is 0 Å². The molecule has 0 unspecified atom stereocenters. The van der Waals surface area contributed by atoms with E-state index in [9.17, 15) is 0 Å². The molecule has 0 bridgehead atoms. The van der Waals surface area contributed by atoms with Gasteiger partial charge in [-0.1, -0.05) is 25.1 Å². The molecule has 3 aromatic heterocycles. The monoisotopic (exact) mass is 361 g/mol. The molecule has 1 atom stereocenters. The first-order valence-electron chi connectivity index (χ1n) is 9.48. The number of nitrogens with one attached hydrogen (secondary N) is 1. The number of H-pyrrole nitrogens is 1. The predicted octanol–water partition coefficient (Wildman–Crippen LogP) is 3.60. The Labute approximate surface area is 157 Å². The van der Waals surface area contributed by atoms with Crippen LogP contribution in [0.3, 0.4) is 0 Å². The van der Waals surface area contributed by atoms with Crippen molar-refractivity contribution in [3.63, 3.8) is 0 Å². The molecule has 0 radical (unpaired) electrons. The van der Waals surface area contributed by atoms with Gasteiger partial charge in [0.1, 0.15) is 11.3 Å². The predicted molar refractivity (Wildman–Crippen MR) is 103 cm³/mol. The van der Waals surface area contributed by atoms with Crippen molar-refractivity contribution in [2.75, 3.05) is 6.54 Å². The molecule has 0 spiro atoms. The van der Waals surface area contributed by atoms with Crippen molar-refractivity contribution in [2.45, 2.75) is 32.4 Å². The average molecular weight is 361 g/mol. The highest BCUT2D eigenvalue weighted by atomic mass is 16.3. The van der Waals surface area contributed by atoms with Gasteiger partial charge in [-0.05, 0) is 6.07 Å². The van der Waals surface area contributed by atoms with Crippen LogP contribution in [0.25, 0.3) is 11.0 Å². The van der Waals surface area contributed by atoms with Crippen LogP contribution in [0.1, 0.15) is 41.2 Å². The molecule has 0 saturated carbocycles. The minimum atomic E-state index is 0.104. The smallest absolute Gasteiger partial charge is 0.134 e. The summed E-state index contributed by atoms with van der Waals surface area (Å²) in [6.07, 6.45) is 7.72. The van der Waals surface area contributed by atoms with E-state index in [2.05, 4.69) is 51.3 Å². The number of hydrogen-bond donors (Lipinski definition) is 1. The van der Waals surface area contributed by atoms with Crippen molar-refractivity contribution in [3.05, 3.63) is 71.3 Å². The zero-order valence-corrected chi connectivity index (χ0v) is 15.6. The van der Waals surface area contributed by atoms with E-state index >= 15 is 0 Å². The number of imidazole rings is 1. The topological polar surface area (TPSA) is 62.9 Å². The van der Waals surface area contributed by atoms with Crippen LogP contribution in [0.5, 0.6) is 0 Å². The lowest BCUT2D eigenvalue weighted by atomic mass is 9.96. The first-order chi connectivity index (χ1) is 13.2. The van der Waals surface area contributed by atoms with Crippen LogP contribution in [-0.2, 0) is 26.4 Å². The van der Waals surface area contributed by atoms with Gasteiger partial charge in [0, 0.05) is 61.4 Å². The second-order valence-corrected chi connectivity index (χ2v) is 7.19. The number of nitrogens with zero attached hydrogens (tertiary/aromatic N) is 4. The maximum atomic E-state index is 6.12. The number of para-hydroxylation sites is 1. The molecule has 27 heavy (non-hydrogen) atoms. The Hall–Kier alpha value is -2.86. The van der Waals surface area contributed by atoms with Gasteiger partial charge in [-0.25, -0.2) is 4.98 Å². The van der Waals surface area contributed by atoms with Crippen molar-refractivity contribution in [3.8, 4) is 0 Å². The van der Waals surface area contributed by atoms with Crippen LogP contribution in [0, 0.1) is 0 Å². The zero-order chi connectivity index (χ0) is 18.4. The van der Waals surface area contributed by atoms with Crippen LogP contribution in [0.4, 0.5) is 0 Å². The van der Waals surface area contributed by atoms with Crippen LogP contribution >= 0.6 is 0 Å². The Morgan fingerprint density at radius 3 is 3.00 bits per heavy atom. The molecule has 1 N–H and O–H groups in total. The highest BCUT2D eigenvalue weighted by Gasteiger charge is 2.33. The van der Waals surface area contributed by atoms with Crippen LogP contribution in [0.2, 0.25) is 0 Å². The van der Waals surface area contributed by atoms with Gasteiger partial charge in [0.2, 0.25) is 0 Å². The Kier molecular flexibility index (Phi) is 3.86. The third-order valence-corrected chi connectivity index (χ3v) is 5.53. The fourth-order valence-electron chi connectivity index (χ4n) is 4.26. The number of rotatable bonds is 4. The molecule has 5 rings (SSSR count). The quantitative estimate of drug-likeness (QED) is 0.603. The standard InChI is InChI=1S/C21H23N5O/c1-3-18-16(15-6-4-5-7-19(15)27-18)12-26-9-8-17-20(23-13-22-17)21(26)14-10-24-25(2)11-14/h4-7,10-11,13,21H,3,8-9,12H2,1-2H3,(H,22,23)/t21-/m0/s1. The van der Waals surface area contributed by atoms with Crippen LogP contribution in [-0.4, -0.2) is 31.2 Å². The van der Waals surface area contributed by atoms with E-state index in [4.69, 9.17) is 4.42 Å². The maximum absolute atomic E-state index is 6.12. The van der Waals surface area contributed by atoms with Gasteiger partial charge >= 0.3 is 0 Å². The summed E-state index contributed by atoms with van der Waals surface area (Å²) in [6.45, 7) is 3.96. The summed E-state index contributed by atoms with van der Waals surface area (Å²) in [4.78, 5) is 10.5. The lowest BCUT2D eigenvalue weighted by Gasteiger charge is -2.34. The fourth-order valence-corrected chi connectivity index (χ4v) is 4.26. The van der Waals surface area contributed by atoms with E-state index in [-0.39, 0.29) is 6.04 Å². The molecular weight excluding hydrogens is 338 g/mol. The van der Waals surface area contributed by atoms with Gasteiger partial charge in [0.25, 0.3) is 0 Å². The van der Waals surface area contributed by atoms with Crippen LogP contribution < -0.4 is 0 Å². The first kappa shape index (κ1) is 16.3. The van der Waals surface area contributed by atoms with Gasteiger partial charge in [-0.3, -0.25) is 9.58 Å². The van der Waals surface area contributed by atoms with Gasteiger partial charge in [-0.2, -0.15) is 5.10 Å². The highest BCUT2D eigenvalue weighted by Crippen LogP contribution is 2.36. The van der Waals surface area contributed by atoms with Gasteiger partial charge in [0.15, 0.2) is 0 Å². The summed E-state index contributed by atoms with van der Waals surface area (Å²) < 4.78 is 7.98. The third-order valence-electron chi connectivity index (χ3n) is 5.53. The Bertz CT molecular complexity index is 1090. The second kappa shape index (κ2) is 6.39. The molecule has 0 amide bonds. The van der Waals surface area contributed by atoms with Crippen molar-refractivity contribution in [2.24, 2.45) is 7.05 Å². The zero-order valence-electron chi connectivity index (χ0n) is 15.6. The highest BCUT2D eigenvalue weighted by molar-refractivity contribution is 5.82. The average Bonchev–Trinajstić information content (AvgIpc) is 3.40. The molecular formula is C21H23N5O. The minimum absolute atomic E-state index is 0.104. The minimum Gasteiger partial charge on any atom is -0.461 e. The number of aromatic amines is 1. The summed E-state index contributed by atoms with van der Waals surface area (Å²) in [7, 11) is 1.96. The largest absolute Gasteiger partial charge is 0.461 e. The van der Waals surface area contributed by atoms with E-state index in [1.54, 1.807) is 0 Å². The molecule has 1 aromatic carbocycles.